The third-order valence-corrected chi connectivity index (χ3v) is 5.62. The number of aryl methyl sites for hydroxylation is 2. The van der Waals surface area contributed by atoms with E-state index < -0.39 is 29.6 Å². The zero-order valence-corrected chi connectivity index (χ0v) is 17.0. The fraction of sp³-hybridized carbons (Fsp3) is 0.238. The van der Waals surface area contributed by atoms with Crippen LogP contribution in [0.2, 0.25) is 0 Å². The number of halogens is 3. The lowest BCUT2D eigenvalue weighted by molar-refractivity contribution is -0.139. The lowest BCUT2D eigenvalue weighted by Gasteiger charge is -2.21. The summed E-state index contributed by atoms with van der Waals surface area (Å²) in [5.74, 6) is -0.683. The minimum absolute atomic E-state index is 0.131. The number of hydrogen-bond acceptors (Lipinski definition) is 4. The van der Waals surface area contributed by atoms with Crippen molar-refractivity contribution in [2.24, 2.45) is 0 Å². The second-order valence-corrected chi connectivity index (χ2v) is 7.89. The number of ether oxygens (including phenoxy) is 1. The summed E-state index contributed by atoms with van der Waals surface area (Å²) in [7, 11) is 0. The van der Waals surface area contributed by atoms with Crippen molar-refractivity contribution in [3.63, 3.8) is 0 Å². The molecule has 158 valence electrons. The van der Waals surface area contributed by atoms with Crippen LogP contribution in [0.4, 0.5) is 13.2 Å². The van der Waals surface area contributed by atoms with Gasteiger partial charge in [-0.1, -0.05) is 17.7 Å². The molecule has 1 unspecified atom stereocenters. The number of hydrogen-bond donors (Lipinski definition) is 2. The molecule has 0 bridgehead atoms. The van der Waals surface area contributed by atoms with Crippen molar-refractivity contribution >= 4 is 17.7 Å². The molecule has 9 heteroatoms. The van der Waals surface area contributed by atoms with Crippen molar-refractivity contribution < 1.29 is 27.8 Å². The average molecular weight is 436 g/mol. The number of thioether (sulfide) groups is 1. The molecule has 3 aromatic rings. The highest BCUT2D eigenvalue weighted by Crippen LogP contribution is 2.45. The summed E-state index contributed by atoms with van der Waals surface area (Å²) in [6.07, 6.45) is -3.00. The average Bonchev–Trinajstić information content (AvgIpc) is 3.19. The van der Waals surface area contributed by atoms with Crippen LogP contribution in [0.3, 0.4) is 0 Å². The van der Waals surface area contributed by atoms with E-state index in [-0.39, 0.29) is 5.56 Å². The maximum atomic E-state index is 13.7. The quantitative estimate of drug-likeness (QED) is 0.486. The Hall–Kier alpha value is -2.94. The Bertz CT molecular complexity index is 1040. The molecule has 1 heterocycles. The number of nitrogens with one attached hydrogen (secondary N) is 1. The second-order valence-electron chi connectivity index (χ2n) is 6.71. The first-order valence-electron chi connectivity index (χ1n) is 8.94. The summed E-state index contributed by atoms with van der Waals surface area (Å²) in [6.45, 7) is 2.90. The van der Waals surface area contributed by atoms with Crippen LogP contribution >= 0.6 is 11.8 Å². The van der Waals surface area contributed by atoms with Gasteiger partial charge in [0.15, 0.2) is 6.61 Å². The van der Waals surface area contributed by atoms with E-state index >= 15 is 0 Å². The van der Waals surface area contributed by atoms with Gasteiger partial charge < -0.3 is 9.84 Å². The van der Waals surface area contributed by atoms with E-state index in [9.17, 15) is 18.0 Å². The van der Waals surface area contributed by atoms with E-state index in [0.717, 1.165) is 6.07 Å². The molecule has 5 nitrogen and oxygen atoms in total. The first-order chi connectivity index (χ1) is 14.1. The van der Waals surface area contributed by atoms with Gasteiger partial charge in [-0.2, -0.15) is 18.3 Å². The maximum absolute atomic E-state index is 13.7. The SMILES string of the molecule is Cc1ccc(C(Sc2ccc(OCC(=O)O)c(C)c2)c2ccn[nH]2)c(C(F)(F)F)c1. The van der Waals surface area contributed by atoms with Crippen LogP contribution in [0.25, 0.3) is 0 Å². The lowest BCUT2D eigenvalue weighted by Crippen LogP contribution is -2.12. The molecule has 1 aromatic heterocycles. The zero-order valence-electron chi connectivity index (χ0n) is 16.2. The number of benzene rings is 2. The van der Waals surface area contributed by atoms with Crippen LogP contribution in [-0.4, -0.2) is 27.9 Å². The molecule has 3 rings (SSSR count). The molecule has 0 aliphatic heterocycles. The molecule has 0 radical (unpaired) electrons. The lowest BCUT2D eigenvalue weighted by atomic mass is 9.99. The van der Waals surface area contributed by atoms with Crippen LogP contribution in [0.5, 0.6) is 5.75 Å². The van der Waals surface area contributed by atoms with Crippen molar-refractivity contribution in [1.82, 2.24) is 10.2 Å². The summed E-state index contributed by atoms with van der Waals surface area (Å²) in [5, 5.41) is 14.8. The molecule has 0 saturated heterocycles. The van der Waals surface area contributed by atoms with Gasteiger partial charge >= 0.3 is 12.1 Å². The van der Waals surface area contributed by atoms with Gasteiger partial charge in [0.1, 0.15) is 5.75 Å². The van der Waals surface area contributed by atoms with Gasteiger partial charge in [0.05, 0.1) is 16.5 Å². The van der Waals surface area contributed by atoms with Gasteiger partial charge in [0.2, 0.25) is 0 Å². The molecule has 0 spiro atoms. The van der Waals surface area contributed by atoms with Crippen LogP contribution in [0, 0.1) is 13.8 Å². The number of aliphatic carboxylic acids is 1. The third-order valence-electron chi connectivity index (χ3n) is 4.35. The van der Waals surface area contributed by atoms with E-state index in [1.807, 2.05) is 0 Å². The maximum Gasteiger partial charge on any atom is 0.416 e. The highest BCUT2D eigenvalue weighted by Gasteiger charge is 2.36. The Kier molecular flexibility index (Phi) is 6.40. The van der Waals surface area contributed by atoms with E-state index in [2.05, 4.69) is 10.2 Å². The summed E-state index contributed by atoms with van der Waals surface area (Å²) in [6, 6.07) is 11.0. The van der Waals surface area contributed by atoms with E-state index in [1.54, 1.807) is 44.2 Å². The molecular formula is C21H19F3N2O3S. The molecule has 30 heavy (non-hydrogen) atoms. The Morgan fingerprint density at radius 3 is 2.57 bits per heavy atom. The Balaban J connectivity index is 1.98. The predicted octanol–water partition coefficient (Wildman–Crippen LogP) is 5.39. The van der Waals surface area contributed by atoms with Crippen molar-refractivity contribution in [3.05, 3.63) is 76.6 Å². The van der Waals surface area contributed by atoms with Crippen LogP contribution in [0.1, 0.15) is 33.2 Å². The fourth-order valence-electron chi connectivity index (χ4n) is 2.98. The topological polar surface area (TPSA) is 75.2 Å². The van der Waals surface area contributed by atoms with Gasteiger partial charge in [-0.15, -0.1) is 11.8 Å². The molecule has 0 saturated carbocycles. The van der Waals surface area contributed by atoms with Gasteiger partial charge in [-0.25, -0.2) is 4.79 Å². The van der Waals surface area contributed by atoms with Crippen LogP contribution in [0.15, 0.2) is 53.6 Å². The van der Waals surface area contributed by atoms with E-state index in [1.165, 1.54) is 24.0 Å². The molecule has 0 aliphatic carbocycles. The number of alkyl halides is 3. The Morgan fingerprint density at radius 2 is 1.97 bits per heavy atom. The zero-order chi connectivity index (χ0) is 21.9. The van der Waals surface area contributed by atoms with Gasteiger partial charge in [0, 0.05) is 11.1 Å². The molecule has 2 N–H and O–H groups in total. The second kappa shape index (κ2) is 8.83. The first-order valence-corrected chi connectivity index (χ1v) is 9.82. The first kappa shape index (κ1) is 21.8. The van der Waals surface area contributed by atoms with Crippen molar-refractivity contribution in [1.29, 1.82) is 0 Å². The molecule has 0 amide bonds. The van der Waals surface area contributed by atoms with Gasteiger partial charge in [-0.3, -0.25) is 5.10 Å². The summed E-state index contributed by atoms with van der Waals surface area (Å²) >= 11 is 1.24. The van der Waals surface area contributed by atoms with Crippen molar-refractivity contribution in [2.75, 3.05) is 6.61 Å². The molecule has 0 fully saturated rings. The van der Waals surface area contributed by atoms with Gasteiger partial charge in [0.25, 0.3) is 0 Å². The van der Waals surface area contributed by atoms with Crippen LogP contribution < -0.4 is 4.74 Å². The van der Waals surface area contributed by atoms with Gasteiger partial charge in [-0.05, 0) is 55.3 Å². The summed E-state index contributed by atoms with van der Waals surface area (Å²) < 4.78 is 46.4. The number of rotatable bonds is 7. The van der Waals surface area contributed by atoms with Crippen molar-refractivity contribution in [2.45, 2.75) is 30.2 Å². The Labute approximate surface area is 175 Å². The summed E-state index contributed by atoms with van der Waals surface area (Å²) in [5.41, 5.74) is 1.19. The number of carbonyl (C=O) groups is 1. The Morgan fingerprint density at radius 1 is 1.20 bits per heavy atom. The minimum Gasteiger partial charge on any atom is -0.482 e. The number of carboxylic acids is 1. The largest absolute Gasteiger partial charge is 0.482 e. The van der Waals surface area contributed by atoms with E-state index in [0.29, 0.717) is 27.5 Å². The monoisotopic (exact) mass is 436 g/mol. The summed E-state index contributed by atoms with van der Waals surface area (Å²) in [4.78, 5) is 11.4. The van der Waals surface area contributed by atoms with E-state index in [4.69, 9.17) is 9.84 Å². The third kappa shape index (κ3) is 5.15. The molecule has 1 atom stereocenters. The molecule has 2 aromatic carbocycles. The predicted molar refractivity (Wildman–Crippen MR) is 107 cm³/mol. The number of carboxylic acid groups (broad SMARTS) is 1. The minimum atomic E-state index is -4.50. The van der Waals surface area contributed by atoms with Crippen molar-refractivity contribution in [3.8, 4) is 5.75 Å². The number of H-pyrrole nitrogens is 1. The molecular weight excluding hydrogens is 417 g/mol. The smallest absolute Gasteiger partial charge is 0.416 e. The standard InChI is InChI=1S/C21H19F3N2O3S/c1-12-3-5-15(16(9-12)21(22,23)24)20(17-7-8-25-26-17)30-14-4-6-18(13(2)10-14)29-11-19(27)28/h3-10,20H,11H2,1-2H3,(H,25,26)(H,27,28). The highest BCUT2D eigenvalue weighted by molar-refractivity contribution is 7.99. The van der Waals surface area contributed by atoms with Crippen LogP contribution in [-0.2, 0) is 11.0 Å². The normalized spacial score (nSPS) is 12.6. The number of nitrogens with zero attached hydrogens (tertiary/aromatic N) is 1. The highest BCUT2D eigenvalue weighted by atomic mass is 32.2. The molecule has 0 aliphatic rings. The number of aromatic nitrogens is 2. The number of aromatic amines is 1. The fourth-order valence-corrected chi connectivity index (χ4v) is 4.24.